The van der Waals surface area contributed by atoms with Crippen LogP contribution in [0.3, 0.4) is 0 Å². The highest BCUT2D eigenvalue weighted by atomic mass is 16.1. The maximum Gasteiger partial charge on any atom is 0.253 e. The highest BCUT2D eigenvalue weighted by molar-refractivity contribution is 5.07. The van der Waals surface area contributed by atoms with Crippen molar-refractivity contribution in [2.24, 2.45) is 5.41 Å². The molecule has 0 saturated carbocycles. The van der Waals surface area contributed by atoms with Gasteiger partial charge in [-0.3, -0.25) is 4.79 Å². The van der Waals surface area contributed by atoms with Crippen LogP contribution in [0.4, 0.5) is 0 Å². The molecule has 0 aliphatic heterocycles. The fraction of sp³-hybridized carbons (Fsp3) is 0.667. The second-order valence-electron chi connectivity index (χ2n) is 6.02. The molecule has 0 saturated heterocycles. The standard InChI is InChI=1S/C15H26N2O/c1-6-9-16-13(15(3,4)5)11-17-10-7-8-12(2)14(17)18/h7-8,10,13,16H,6,9,11H2,1-5H3. The number of nitrogens with zero attached hydrogens (tertiary/aromatic N) is 1. The topological polar surface area (TPSA) is 34.0 Å². The van der Waals surface area contributed by atoms with Gasteiger partial charge in [0.2, 0.25) is 0 Å². The summed E-state index contributed by atoms with van der Waals surface area (Å²) in [6, 6.07) is 4.11. The monoisotopic (exact) mass is 250 g/mol. The Morgan fingerprint density at radius 1 is 1.39 bits per heavy atom. The molecule has 1 heterocycles. The molecule has 0 aliphatic carbocycles. The number of hydrogen-bond donors (Lipinski definition) is 1. The van der Waals surface area contributed by atoms with E-state index in [0.29, 0.717) is 6.04 Å². The number of aryl methyl sites for hydroxylation is 1. The number of hydrogen-bond acceptors (Lipinski definition) is 2. The van der Waals surface area contributed by atoms with Gasteiger partial charge in [-0.1, -0.05) is 33.8 Å². The van der Waals surface area contributed by atoms with E-state index in [1.807, 2.05) is 29.8 Å². The van der Waals surface area contributed by atoms with Crippen LogP contribution in [0, 0.1) is 12.3 Å². The second kappa shape index (κ2) is 6.19. The molecule has 1 aromatic rings. The average Bonchev–Trinajstić information content (AvgIpc) is 2.28. The third-order valence-electron chi connectivity index (χ3n) is 3.28. The van der Waals surface area contributed by atoms with E-state index in [2.05, 4.69) is 33.0 Å². The predicted octanol–water partition coefficient (Wildman–Crippen LogP) is 2.57. The summed E-state index contributed by atoms with van der Waals surface area (Å²) >= 11 is 0. The summed E-state index contributed by atoms with van der Waals surface area (Å²) in [4.78, 5) is 12.0. The molecule has 0 radical (unpaired) electrons. The molecule has 0 fully saturated rings. The van der Waals surface area contributed by atoms with E-state index < -0.39 is 0 Å². The van der Waals surface area contributed by atoms with Crippen LogP contribution < -0.4 is 10.9 Å². The van der Waals surface area contributed by atoms with Gasteiger partial charge in [0.05, 0.1) is 0 Å². The molecular formula is C15H26N2O. The minimum Gasteiger partial charge on any atom is -0.314 e. The van der Waals surface area contributed by atoms with Crippen LogP contribution in [-0.4, -0.2) is 17.2 Å². The van der Waals surface area contributed by atoms with Crippen LogP contribution in [0.1, 0.15) is 39.7 Å². The first-order valence-corrected chi connectivity index (χ1v) is 6.75. The lowest BCUT2D eigenvalue weighted by Gasteiger charge is -2.32. The first-order valence-electron chi connectivity index (χ1n) is 6.75. The lowest BCUT2D eigenvalue weighted by atomic mass is 9.86. The summed E-state index contributed by atoms with van der Waals surface area (Å²) < 4.78 is 1.81. The van der Waals surface area contributed by atoms with Crippen LogP contribution in [0.2, 0.25) is 0 Å². The van der Waals surface area contributed by atoms with E-state index in [9.17, 15) is 4.79 Å². The van der Waals surface area contributed by atoms with E-state index in [1.165, 1.54) is 0 Å². The molecule has 102 valence electrons. The summed E-state index contributed by atoms with van der Waals surface area (Å²) in [6.07, 6.45) is 2.98. The molecule has 0 spiro atoms. The van der Waals surface area contributed by atoms with Crippen molar-refractivity contribution in [1.82, 2.24) is 9.88 Å². The Labute approximate surface area is 110 Å². The van der Waals surface area contributed by atoms with Gasteiger partial charge in [0, 0.05) is 24.3 Å². The van der Waals surface area contributed by atoms with Crippen LogP contribution in [0.25, 0.3) is 0 Å². The fourth-order valence-electron chi connectivity index (χ4n) is 1.96. The molecule has 0 bridgehead atoms. The number of nitrogens with one attached hydrogen (secondary N) is 1. The van der Waals surface area contributed by atoms with Crippen molar-refractivity contribution >= 4 is 0 Å². The Hall–Kier alpha value is -1.09. The lowest BCUT2D eigenvalue weighted by molar-refractivity contribution is 0.240. The zero-order valence-electron chi connectivity index (χ0n) is 12.3. The minimum atomic E-state index is 0.116. The van der Waals surface area contributed by atoms with Gasteiger partial charge in [-0.25, -0.2) is 0 Å². The van der Waals surface area contributed by atoms with Crippen molar-refractivity contribution in [3.05, 3.63) is 34.2 Å². The first kappa shape index (κ1) is 15.0. The average molecular weight is 250 g/mol. The smallest absolute Gasteiger partial charge is 0.253 e. The summed E-state index contributed by atoms with van der Waals surface area (Å²) in [7, 11) is 0. The SMILES string of the molecule is CCCNC(Cn1cccc(C)c1=O)C(C)(C)C. The largest absolute Gasteiger partial charge is 0.314 e. The normalized spacial score (nSPS) is 13.6. The van der Waals surface area contributed by atoms with Crippen LogP contribution >= 0.6 is 0 Å². The summed E-state index contributed by atoms with van der Waals surface area (Å²) in [5, 5.41) is 3.54. The van der Waals surface area contributed by atoms with Gasteiger partial charge in [0.1, 0.15) is 0 Å². The molecule has 0 aliphatic rings. The quantitative estimate of drug-likeness (QED) is 0.871. The lowest BCUT2D eigenvalue weighted by Crippen LogP contribution is -2.45. The molecule has 1 N–H and O–H groups in total. The van der Waals surface area contributed by atoms with Gasteiger partial charge in [-0.15, -0.1) is 0 Å². The van der Waals surface area contributed by atoms with Crippen molar-refractivity contribution in [3.63, 3.8) is 0 Å². The van der Waals surface area contributed by atoms with E-state index in [-0.39, 0.29) is 11.0 Å². The molecule has 1 aromatic heterocycles. The van der Waals surface area contributed by atoms with E-state index >= 15 is 0 Å². The van der Waals surface area contributed by atoms with Gasteiger partial charge >= 0.3 is 0 Å². The second-order valence-corrected chi connectivity index (χ2v) is 6.02. The van der Waals surface area contributed by atoms with Gasteiger partial charge < -0.3 is 9.88 Å². The fourth-order valence-corrected chi connectivity index (χ4v) is 1.96. The third kappa shape index (κ3) is 3.98. The van der Waals surface area contributed by atoms with Crippen molar-refractivity contribution in [1.29, 1.82) is 0 Å². The molecule has 18 heavy (non-hydrogen) atoms. The van der Waals surface area contributed by atoms with Crippen molar-refractivity contribution in [3.8, 4) is 0 Å². The van der Waals surface area contributed by atoms with Gasteiger partial charge in [-0.2, -0.15) is 0 Å². The summed E-state index contributed by atoms with van der Waals surface area (Å²) in [6.45, 7) is 12.4. The number of aromatic nitrogens is 1. The molecule has 1 unspecified atom stereocenters. The Morgan fingerprint density at radius 3 is 2.61 bits per heavy atom. The maximum atomic E-state index is 12.0. The van der Waals surface area contributed by atoms with Crippen molar-refractivity contribution in [2.75, 3.05) is 6.54 Å². The van der Waals surface area contributed by atoms with Crippen molar-refractivity contribution in [2.45, 2.75) is 53.6 Å². The first-order chi connectivity index (χ1) is 8.36. The molecule has 0 amide bonds. The predicted molar refractivity (Wildman–Crippen MR) is 77.0 cm³/mol. The van der Waals surface area contributed by atoms with Crippen LogP contribution in [0.5, 0.6) is 0 Å². The van der Waals surface area contributed by atoms with Crippen molar-refractivity contribution < 1.29 is 0 Å². The zero-order valence-corrected chi connectivity index (χ0v) is 12.3. The molecular weight excluding hydrogens is 224 g/mol. The van der Waals surface area contributed by atoms with Gasteiger partial charge in [0.25, 0.3) is 5.56 Å². The number of pyridine rings is 1. The zero-order chi connectivity index (χ0) is 13.8. The van der Waals surface area contributed by atoms with E-state index in [1.54, 1.807) is 0 Å². The van der Waals surface area contributed by atoms with E-state index in [4.69, 9.17) is 0 Å². The van der Waals surface area contributed by atoms with Crippen LogP contribution in [0.15, 0.2) is 23.1 Å². The Morgan fingerprint density at radius 2 is 2.06 bits per heavy atom. The highest BCUT2D eigenvalue weighted by Gasteiger charge is 2.24. The highest BCUT2D eigenvalue weighted by Crippen LogP contribution is 2.20. The summed E-state index contributed by atoms with van der Waals surface area (Å²) in [5.41, 5.74) is 1.06. The molecule has 3 nitrogen and oxygen atoms in total. The molecule has 1 atom stereocenters. The third-order valence-corrected chi connectivity index (χ3v) is 3.28. The molecule has 0 aromatic carbocycles. The Balaban J connectivity index is 2.89. The van der Waals surface area contributed by atoms with Gasteiger partial charge in [0.15, 0.2) is 0 Å². The Bertz CT molecular complexity index is 429. The van der Waals surface area contributed by atoms with Crippen LogP contribution in [-0.2, 0) is 6.54 Å². The van der Waals surface area contributed by atoms with E-state index in [0.717, 1.165) is 25.1 Å². The molecule has 1 rings (SSSR count). The molecule has 3 heteroatoms. The summed E-state index contributed by atoms with van der Waals surface area (Å²) in [5.74, 6) is 0. The number of rotatable bonds is 5. The Kier molecular flexibility index (Phi) is 5.15. The minimum absolute atomic E-state index is 0.116. The van der Waals surface area contributed by atoms with Gasteiger partial charge in [-0.05, 0) is 31.4 Å². The maximum absolute atomic E-state index is 12.0.